The number of allylic oxidation sites excluding steroid dienone is 5. The maximum Gasteiger partial charge on any atom is 0.405 e. The van der Waals surface area contributed by atoms with Crippen molar-refractivity contribution in [2.24, 2.45) is 22.7 Å². The zero-order valence-corrected chi connectivity index (χ0v) is 28.8. The number of benzene rings is 1. The number of fused-ring (bicyclic) bond motifs is 2. The molecule has 0 saturated heterocycles. The van der Waals surface area contributed by atoms with Crippen molar-refractivity contribution >= 4 is 35.2 Å². The van der Waals surface area contributed by atoms with E-state index in [-0.39, 0.29) is 34.9 Å². The van der Waals surface area contributed by atoms with E-state index in [2.05, 4.69) is 15.8 Å². The number of hydrogen-bond acceptors (Lipinski definition) is 10. The maximum atomic E-state index is 13.9. The number of rotatable bonds is 6. The Morgan fingerprint density at radius 1 is 1.02 bits per heavy atom. The average molecular weight is 677 g/mol. The molecule has 3 amide bonds. The van der Waals surface area contributed by atoms with Crippen LogP contribution in [0.1, 0.15) is 50.9 Å². The summed E-state index contributed by atoms with van der Waals surface area (Å²) < 4.78 is 16.9. The number of carbonyl (C=O) groups is 5. The molecule has 1 aliphatic carbocycles. The van der Waals surface area contributed by atoms with Gasteiger partial charge >= 0.3 is 6.09 Å². The van der Waals surface area contributed by atoms with Gasteiger partial charge in [-0.05, 0) is 50.3 Å². The predicted octanol–water partition coefficient (Wildman–Crippen LogP) is 3.83. The van der Waals surface area contributed by atoms with Crippen LogP contribution >= 0.6 is 0 Å². The number of ether oxygens (including phenoxy) is 3. The molecule has 1 aromatic rings. The number of primary amides is 1. The van der Waals surface area contributed by atoms with E-state index in [1.165, 1.54) is 40.4 Å². The summed E-state index contributed by atoms with van der Waals surface area (Å²) in [6.07, 6.45) is 4.43. The zero-order chi connectivity index (χ0) is 36.2. The van der Waals surface area contributed by atoms with E-state index in [4.69, 9.17) is 24.8 Å². The quantitative estimate of drug-likeness (QED) is 0.229. The number of methoxy groups -OCH3 is 2. The molecule has 262 valence electrons. The summed E-state index contributed by atoms with van der Waals surface area (Å²) in [5.74, 6) is -3.17. The predicted molar refractivity (Wildman–Crippen MR) is 182 cm³/mol. The van der Waals surface area contributed by atoms with Gasteiger partial charge in [0.2, 0.25) is 11.6 Å². The third-order valence-electron chi connectivity index (χ3n) is 8.09. The molecule has 1 heterocycles. The molecule has 0 fully saturated rings. The van der Waals surface area contributed by atoms with Crippen molar-refractivity contribution in [2.75, 3.05) is 21.3 Å². The standard InChI is InChI=1S/C36H44N4O9/c1-20-16-25-31(39-35(44)24-13-9-8-10-14-24)27(41)19-26(32(25)42)38-34(43)21(2)12-11-15-28(46-5)33(49-36(37)45)23(4)18-22(3)30(40-48-7)29(17-20)47-6/h8-15,18-20,22,28-29,33H,16-17H2,1-7H3,(H2,37,45)(H,38,43)(H,39,44)/b15-11-,21-12+,23-18+,40-30+/t20-,22+,28+,29+,33+/m1/s1. The van der Waals surface area contributed by atoms with E-state index in [0.717, 1.165) is 6.08 Å². The average Bonchev–Trinajstić information content (AvgIpc) is 3.07. The highest BCUT2D eigenvalue weighted by molar-refractivity contribution is 6.24. The van der Waals surface area contributed by atoms with Crippen LogP contribution in [-0.2, 0) is 33.4 Å². The maximum absolute atomic E-state index is 13.9. The molecular formula is C36H44N4O9. The molecule has 13 nitrogen and oxygen atoms in total. The minimum atomic E-state index is -1.01. The Labute approximate surface area is 285 Å². The number of oxime groups is 1. The number of nitrogens with two attached hydrogens (primary N) is 1. The Bertz CT molecular complexity index is 1620. The number of nitrogens with zero attached hydrogens (tertiary/aromatic N) is 1. The van der Waals surface area contributed by atoms with Gasteiger partial charge in [0.05, 0.1) is 23.2 Å². The Morgan fingerprint density at radius 3 is 2.33 bits per heavy atom. The SMILES string of the molecule is CO/N=C1/[C@@H](OC)C[C@H](C)CC2=C(NC(=O)c3ccccc3)C(=O)C=C(NC(=O)/C(C)=C/C=C\[C@H](OC)[C@@H](OC(N)=O)/C(C)=C/[C@@H]1C)C2=O. The number of nitrogens with one attached hydrogen (secondary N) is 2. The minimum absolute atomic E-state index is 0.0391. The lowest BCUT2D eigenvalue weighted by atomic mass is 9.85. The fourth-order valence-corrected chi connectivity index (χ4v) is 5.60. The van der Waals surface area contributed by atoms with Crippen LogP contribution in [0.4, 0.5) is 4.79 Å². The van der Waals surface area contributed by atoms with Crippen molar-refractivity contribution in [3.8, 4) is 0 Å². The molecule has 3 rings (SSSR count). The van der Waals surface area contributed by atoms with Crippen LogP contribution in [0.2, 0.25) is 0 Å². The van der Waals surface area contributed by atoms with Gasteiger partial charge in [-0.1, -0.05) is 61.5 Å². The normalized spacial score (nSPS) is 28.0. The highest BCUT2D eigenvalue weighted by Gasteiger charge is 2.34. The molecule has 1 aromatic carbocycles. The van der Waals surface area contributed by atoms with E-state index >= 15 is 0 Å². The molecule has 0 radical (unpaired) electrons. The van der Waals surface area contributed by atoms with Gasteiger partial charge in [0.15, 0.2) is 6.10 Å². The van der Waals surface area contributed by atoms with Gasteiger partial charge in [-0.3, -0.25) is 19.2 Å². The van der Waals surface area contributed by atoms with Crippen LogP contribution in [0.3, 0.4) is 0 Å². The summed E-state index contributed by atoms with van der Waals surface area (Å²) >= 11 is 0. The fraction of sp³-hybridized carbons (Fsp3) is 0.389. The minimum Gasteiger partial charge on any atom is -0.439 e. The van der Waals surface area contributed by atoms with Crippen LogP contribution in [0.5, 0.6) is 0 Å². The van der Waals surface area contributed by atoms with Gasteiger partial charge in [-0.2, -0.15) is 0 Å². The first kappa shape index (κ1) is 38.3. The second-order valence-corrected chi connectivity index (χ2v) is 11.8. The van der Waals surface area contributed by atoms with Gasteiger partial charge in [-0.25, -0.2) is 4.79 Å². The Balaban J connectivity index is 2.15. The molecule has 0 aromatic heterocycles. The van der Waals surface area contributed by atoms with E-state index in [0.29, 0.717) is 23.3 Å². The first-order valence-corrected chi connectivity index (χ1v) is 15.7. The second-order valence-electron chi connectivity index (χ2n) is 11.8. The molecule has 4 N–H and O–H groups in total. The largest absolute Gasteiger partial charge is 0.439 e. The van der Waals surface area contributed by atoms with Crippen molar-refractivity contribution in [3.05, 3.63) is 94.4 Å². The molecule has 0 saturated carbocycles. The molecule has 13 heteroatoms. The summed E-state index contributed by atoms with van der Waals surface area (Å²) in [5.41, 5.74) is 6.65. The first-order valence-electron chi connectivity index (χ1n) is 15.7. The van der Waals surface area contributed by atoms with E-state index < -0.39 is 53.7 Å². The van der Waals surface area contributed by atoms with Crippen molar-refractivity contribution in [1.82, 2.24) is 10.6 Å². The van der Waals surface area contributed by atoms with Crippen molar-refractivity contribution in [2.45, 2.75) is 58.8 Å². The van der Waals surface area contributed by atoms with Gasteiger partial charge in [-0.15, -0.1) is 0 Å². The Kier molecular flexibility index (Phi) is 14.0. The lowest BCUT2D eigenvalue weighted by Crippen LogP contribution is -2.38. The number of ketones is 2. The lowest BCUT2D eigenvalue weighted by molar-refractivity contribution is -0.120. The molecule has 2 bridgehead atoms. The van der Waals surface area contributed by atoms with Crippen molar-refractivity contribution < 1.29 is 43.0 Å². The first-order chi connectivity index (χ1) is 23.3. The lowest BCUT2D eigenvalue weighted by Gasteiger charge is -2.27. The van der Waals surface area contributed by atoms with Crippen LogP contribution in [-0.4, -0.2) is 74.8 Å². The van der Waals surface area contributed by atoms with Gasteiger partial charge < -0.3 is 35.4 Å². The van der Waals surface area contributed by atoms with Crippen molar-refractivity contribution in [3.63, 3.8) is 0 Å². The Morgan fingerprint density at radius 2 is 1.71 bits per heavy atom. The molecular weight excluding hydrogens is 632 g/mol. The molecule has 5 atom stereocenters. The topological polar surface area (TPSA) is 185 Å². The molecule has 49 heavy (non-hydrogen) atoms. The van der Waals surface area contributed by atoms with E-state index in [1.54, 1.807) is 43.3 Å². The summed E-state index contributed by atoms with van der Waals surface area (Å²) in [6, 6.07) is 8.29. The monoisotopic (exact) mass is 676 g/mol. The summed E-state index contributed by atoms with van der Waals surface area (Å²) in [6.45, 7) is 7.00. The summed E-state index contributed by atoms with van der Waals surface area (Å²) in [5, 5.41) is 9.44. The third-order valence-corrected chi connectivity index (χ3v) is 8.09. The van der Waals surface area contributed by atoms with Crippen LogP contribution in [0.25, 0.3) is 0 Å². The van der Waals surface area contributed by atoms with Crippen molar-refractivity contribution in [1.29, 1.82) is 0 Å². The third kappa shape index (κ3) is 10.2. The molecule has 1 aliphatic heterocycles. The smallest absolute Gasteiger partial charge is 0.405 e. The van der Waals surface area contributed by atoms with Gasteiger partial charge in [0, 0.05) is 42.9 Å². The van der Waals surface area contributed by atoms with Gasteiger partial charge in [0.25, 0.3) is 11.8 Å². The summed E-state index contributed by atoms with van der Waals surface area (Å²) in [7, 11) is 4.35. The highest BCUT2D eigenvalue weighted by Crippen LogP contribution is 2.28. The number of hydrogen-bond donors (Lipinski definition) is 3. The van der Waals surface area contributed by atoms with E-state index in [1.807, 2.05) is 19.9 Å². The fourth-order valence-electron chi connectivity index (χ4n) is 5.60. The highest BCUT2D eigenvalue weighted by atomic mass is 16.6. The van der Waals surface area contributed by atoms with Gasteiger partial charge in [0.1, 0.15) is 13.2 Å². The zero-order valence-electron chi connectivity index (χ0n) is 28.8. The molecule has 0 spiro atoms. The number of carbonyl (C=O) groups excluding carboxylic acids is 5. The molecule has 0 unspecified atom stereocenters. The number of amides is 3. The van der Waals surface area contributed by atoms with Crippen LogP contribution in [0, 0.1) is 11.8 Å². The van der Waals surface area contributed by atoms with Crippen LogP contribution < -0.4 is 16.4 Å². The van der Waals surface area contributed by atoms with Crippen LogP contribution in [0.15, 0.2) is 94.0 Å². The molecule has 2 aliphatic rings. The number of Topliss-reactive ketones (excluding diaryl/α,β-unsaturated/α-hetero) is 1. The summed E-state index contributed by atoms with van der Waals surface area (Å²) in [4.78, 5) is 70.8. The second kappa shape index (κ2) is 17.9. The van der Waals surface area contributed by atoms with E-state index in [9.17, 15) is 24.0 Å². The Hall–Kier alpha value is -5.14.